The van der Waals surface area contributed by atoms with Gasteiger partial charge in [-0.3, -0.25) is 0 Å². The number of carbonyl (C=O) groups excluding carboxylic acids is 1. The second kappa shape index (κ2) is 7.37. The maximum atomic E-state index is 12.9. The average Bonchev–Trinajstić information content (AvgIpc) is 3.05. The number of carbonyl (C=O) groups is 1. The van der Waals surface area contributed by atoms with Crippen LogP contribution in [-0.2, 0) is 13.2 Å². The van der Waals surface area contributed by atoms with E-state index >= 15 is 0 Å². The van der Waals surface area contributed by atoms with Gasteiger partial charge < -0.3 is 10.1 Å². The van der Waals surface area contributed by atoms with Crippen molar-refractivity contribution in [3.05, 3.63) is 94.4 Å². The molecule has 0 saturated heterocycles. The Kier molecular flexibility index (Phi) is 4.61. The minimum absolute atomic E-state index is 0.260. The fourth-order valence-electron chi connectivity index (χ4n) is 2.75. The predicted octanol–water partition coefficient (Wildman–Crippen LogP) is 3.39. The lowest BCUT2D eigenvalue weighted by atomic mass is 10.2. The van der Waals surface area contributed by atoms with Crippen LogP contribution < -0.4 is 20.8 Å². The van der Waals surface area contributed by atoms with Gasteiger partial charge in [0.25, 0.3) is 0 Å². The maximum Gasteiger partial charge on any atom is 0.368 e. The molecular weight excluding hydrogens is 345 g/mol. The molecule has 4 rings (SSSR count). The Morgan fingerprint density at radius 2 is 1.70 bits per heavy atom. The Bertz CT molecular complexity index is 1110. The molecule has 0 unspecified atom stereocenters. The molecule has 0 aliphatic carbocycles. The highest BCUT2D eigenvalue weighted by molar-refractivity contribution is 5.77. The van der Waals surface area contributed by atoms with Crippen LogP contribution in [0.5, 0.6) is 5.75 Å². The molecule has 27 heavy (non-hydrogen) atoms. The number of urea groups is 1. The number of hydrogen-bond acceptors (Lipinski definition) is 3. The quantitative estimate of drug-likeness (QED) is 0.732. The molecule has 3 aromatic rings. The van der Waals surface area contributed by atoms with E-state index in [1.807, 2.05) is 30.3 Å². The van der Waals surface area contributed by atoms with Gasteiger partial charge in [-0.25, -0.2) is 9.18 Å². The number of nitrogens with zero attached hydrogens (tertiary/aromatic N) is 2. The third kappa shape index (κ3) is 4.17. The molecule has 2 amide bonds. The lowest BCUT2D eigenvalue weighted by molar-refractivity contribution is 0.256. The molecule has 0 atom stereocenters. The Balaban J connectivity index is 1.39. The van der Waals surface area contributed by atoms with Crippen molar-refractivity contribution in [3.8, 4) is 5.75 Å². The first-order valence-corrected chi connectivity index (χ1v) is 8.47. The van der Waals surface area contributed by atoms with Crippen LogP contribution in [0.4, 0.5) is 14.9 Å². The molecule has 0 fully saturated rings. The van der Waals surface area contributed by atoms with Gasteiger partial charge in [-0.1, -0.05) is 24.3 Å². The number of nitrogens with one attached hydrogen (secondary N) is 1. The van der Waals surface area contributed by atoms with Crippen LogP contribution in [0.2, 0.25) is 0 Å². The number of amides is 2. The Hall–Kier alpha value is -3.54. The summed E-state index contributed by atoms with van der Waals surface area (Å²) in [6.07, 6.45) is 0. The van der Waals surface area contributed by atoms with E-state index in [1.54, 1.807) is 24.3 Å². The van der Waals surface area contributed by atoms with Gasteiger partial charge in [-0.2, -0.15) is 9.98 Å². The van der Waals surface area contributed by atoms with Crippen LogP contribution in [0.3, 0.4) is 0 Å². The van der Waals surface area contributed by atoms with Gasteiger partial charge >= 0.3 is 6.03 Å². The van der Waals surface area contributed by atoms with E-state index in [4.69, 9.17) is 4.74 Å². The van der Waals surface area contributed by atoms with Crippen LogP contribution in [-0.4, -0.2) is 6.03 Å². The first kappa shape index (κ1) is 16.9. The van der Waals surface area contributed by atoms with Crippen molar-refractivity contribution >= 4 is 11.7 Å². The van der Waals surface area contributed by atoms with E-state index in [2.05, 4.69) is 15.3 Å². The summed E-state index contributed by atoms with van der Waals surface area (Å²) >= 11 is 0. The molecule has 3 aromatic carbocycles. The number of halogens is 1. The molecule has 1 aliphatic rings. The first-order chi connectivity index (χ1) is 13.2. The summed E-state index contributed by atoms with van der Waals surface area (Å²) < 4.78 is 18.7. The predicted molar refractivity (Wildman–Crippen MR) is 98.7 cm³/mol. The Morgan fingerprint density at radius 3 is 2.56 bits per heavy atom. The molecule has 0 spiro atoms. The van der Waals surface area contributed by atoms with Crippen molar-refractivity contribution < 1.29 is 13.9 Å². The zero-order valence-corrected chi connectivity index (χ0v) is 14.4. The van der Waals surface area contributed by atoms with Crippen molar-refractivity contribution in [2.75, 3.05) is 5.32 Å². The zero-order chi connectivity index (χ0) is 18.6. The average molecular weight is 361 g/mol. The van der Waals surface area contributed by atoms with Gasteiger partial charge in [0, 0.05) is 12.2 Å². The monoisotopic (exact) mass is 361 g/mol. The molecule has 0 aromatic heterocycles. The minimum atomic E-state index is -0.465. The first-order valence-electron chi connectivity index (χ1n) is 8.47. The van der Waals surface area contributed by atoms with Crippen molar-refractivity contribution in [1.82, 2.24) is 0 Å². The van der Waals surface area contributed by atoms with E-state index in [0.717, 1.165) is 22.6 Å². The Labute approximate surface area is 154 Å². The molecule has 0 saturated carbocycles. The smallest absolute Gasteiger partial charge is 0.368 e. The van der Waals surface area contributed by atoms with Crippen LogP contribution in [0.1, 0.15) is 11.1 Å². The van der Waals surface area contributed by atoms with Gasteiger partial charge in [0.1, 0.15) is 18.2 Å². The number of anilines is 1. The molecule has 0 radical (unpaired) electrons. The fraction of sp³-hybridized carbons (Fsp3) is 0.0952. The standard InChI is InChI=1S/C21H16FN3O2/c22-16-6-4-14(5-7-16)13-27-18-3-1-2-15(10-18)12-23-17-8-9-19-20(11-17)25-21(26)24-19/h1-11,23H,12-13H2. The molecule has 5 nitrogen and oxygen atoms in total. The number of fused-ring (bicyclic) bond motifs is 1. The van der Waals surface area contributed by atoms with Crippen molar-refractivity contribution in [2.45, 2.75) is 13.2 Å². The molecule has 0 bridgehead atoms. The maximum absolute atomic E-state index is 12.9. The highest BCUT2D eigenvalue weighted by atomic mass is 19.1. The highest BCUT2D eigenvalue weighted by Crippen LogP contribution is 2.16. The van der Waals surface area contributed by atoms with Gasteiger partial charge in [0.05, 0.1) is 10.7 Å². The topological polar surface area (TPSA) is 63.0 Å². The van der Waals surface area contributed by atoms with E-state index < -0.39 is 6.03 Å². The second-order valence-corrected chi connectivity index (χ2v) is 6.13. The molecule has 1 aliphatic heterocycles. The number of hydrogen-bond donors (Lipinski definition) is 1. The SMILES string of the molecule is O=C1N=c2ccc(NCc3cccc(OCc4ccc(F)cc4)c3)cc2=N1. The number of rotatable bonds is 6. The molecular formula is C21H16FN3O2. The lowest BCUT2D eigenvalue weighted by Gasteiger charge is -2.10. The molecule has 1 N–H and O–H groups in total. The summed E-state index contributed by atoms with van der Waals surface area (Å²) in [7, 11) is 0. The molecule has 1 heterocycles. The van der Waals surface area contributed by atoms with E-state index in [1.165, 1.54) is 12.1 Å². The van der Waals surface area contributed by atoms with Gasteiger partial charge in [-0.15, -0.1) is 0 Å². The zero-order valence-electron chi connectivity index (χ0n) is 14.4. The molecule has 134 valence electrons. The lowest BCUT2D eigenvalue weighted by Crippen LogP contribution is -2.21. The van der Waals surface area contributed by atoms with Crippen molar-refractivity contribution in [3.63, 3.8) is 0 Å². The van der Waals surface area contributed by atoms with Gasteiger partial charge in [-0.05, 0) is 53.6 Å². The highest BCUT2D eigenvalue weighted by Gasteiger charge is 2.05. The minimum Gasteiger partial charge on any atom is -0.489 e. The third-order valence-electron chi connectivity index (χ3n) is 4.12. The largest absolute Gasteiger partial charge is 0.489 e. The van der Waals surface area contributed by atoms with Gasteiger partial charge in [0.2, 0.25) is 0 Å². The van der Waals surface area contributed by atoms with E-state index in [9.17, 15) is 9.18 Å². The summed E-state index contributed by atoms with van der Waals surface area (Å²) in [5.74, 6) is 0.483. The van der Waals surface area contributed by atoms with Crippen LogP contribution in [0.25, 0.3) is 0 Å². The summed E-state index contributed by atoms with van der Waals surface area (Å²) in [5, 5.41) is 4.49. The van der Waals surface area contributed by atoms with E-state index in [0.29, 0.717) is 23.9 Å². The summed E-state index contributed by atoms with van der Waals surface area (Å²) in [5.41, 5.74) is 2.81. The van der Waals surface area contributed by atoms with Crippen molar-refractivity contribution in [1.29, 1.82) is 0 Å². The normalized spacial score (nSPS) is 12.1. The second-order valence-electron chi connectivity index (χ2n) is 6.13. The summed E-state index contributed by atoms with van der Waals surface area (Å²) in [6.45, 7) is 0.971. The van der Waals surface area contributed by atoms with Crippen LogP contribution >= 0.6 is 0 Å². The fourth-order valence-corrected chi connectivity index (χ4v) is 2.75. The Morgan fingerprint density at radius 1 is 0.889 bits per heavy atom. The van der Waals surface area contributed by atoms with Crippen LogP contribution in [0.15, 0.2) is 76.7 Å². The summed E-state index contributed by atoms with van der Waals surface area (Å²) in [6, 6.07) is 19.0. The van der Waals surface area contributed by atoms with Gasteiger partial charge in [0.15, 0.2) is 0 Å². The number of benzene rings is 3. The number of ether oxygens (including phenoxy) is 1. The summed E-state index contributed by atoms with van der Waals surface area (Å²) in [4.78, 5) is 18.9. The third-order valence-corrected chi connectivity index (χ3v) is 4.12. The molecule has 6 heteroatoms. The van der Waals surface area contributed by atoms with Crippen molar-refractivity contribution in [2.24, 2.45) is 9.98 Å². The van der Waals surface area contributed by atoms with E-state index in [-0.39, 0.29) is 5.82 Å². The van der Waals surface area contributed by atoms with Crippen LogP contribution in [0, 0.1) is 5.82 Å².